The first-order valence-corrected chi connectivity index (χ1v) is 3.29. The summed E-state index contributed by atoms with van der Waals surface area (Å²) < 4.78 is 8.88. The summed E-state index contributed by atoms with van der Waals surface area (Å²) >= 11 is 0. The molecule has 0 radical (unpaired) electrons. The number of hydrogen-bond acceptors (Lipinski definition) is 4. The van der Waals surface area contributed by atoms with E-state index in [0.717, 1.165) is 0 Å². The van der Waals surface area contributed by atoms with Crippen molar-refractivity contribution < 1.29 is 19.2 Å². The van der Waals surface area contributed by atoms with Gasteiger partial charge in [-0.25, -0.2) is 9.88 Å². The average molecular weight is 165 g/mol. The van der Waals surface area contributed by atoms with Gasteiger partial charge >= 0.3 is 7.82 Å². The van der Waals surface area contributed by atoms with Crippen LogP contribution in [0, 0.1) is 22.9 Å². The van der Waals surface area contributed by atoms with E-state index >= 15 is 0 Å². The van der Waals surface area contributed by atoms with Crippen molar-refractivity contribution in [1.29, 1.82) is 10.5 Å². The molecule has 0 saturated heterocycles. The molecule has 0 spiro atoms. The van der Waals surface area contributed by atoms with Crippen molar-refractivity contribution in [3.05, 3.63) is 0 Å². The second-order valence-corrected chi connectivity index (χ2v) is 1.89. The minimum atomic E-state index is -4.64. The standard InChI is InChI=1S/C2HN3.H3O4P/c3-1-5-2-4;1-5(2,3)4/h5H;(H3,1,2,3,4). The predicted octanol–water partition coefficient (Wildman–Crippen LogP) is -1.39. The maximum atomic E-state index is 8.88. The number of nitrogens with zero attached hydrogens (tertiary/aromatic N) is 2. The molecule has 10 heavy (non-hydrogen) atoms. The molecule has 0 heterocycles. The van der Waals surface area contributed by atoms with E-state index in [1.165, 1.54) is 12.4 Å². The van der Waals surface area contributed by atoms with Crippen LogP contribution in [-0.4, -0.2) is 14.7 Å². The van der Waals surface area contributed by atoms with Crippen LogP contribution in [0.4, 0.5) is 0 Å². The molecule has 0 aliphatic rings. The Morgan fingerprint density at radius 1 is 1.20 bits per heavy atom. The van der Waals surface area contributed by atoms with Gasteiger partial charge in [-0.2, -0.15) is 10.5 Å². The monoisotopic (exact) mass is 165 g/mol. The Hall–Kier alpha value is -1.11. The van der Waals surface area contributed by atoms with Crippen LogP contribution < -0.4 is 5.32 Å². The summed E-state index contributed by atoms with van der Waals surface area (Å²) in [7, 11) is -4.64. The summed E-state index contributed by atoms with van der Waals surface area (Å²) in [6, 6.07) is 0. The molecule has 4 N–H and O–H groups in total. The van der Waals surface area contributed by atoms with Crippen molar-refractivity contribution in [1.82, 2.24) is 5.32 Å². The summed E-state index contributed by atoms with van der Waals surface area (Å²) in [5.41, 5.74) is 0. The maximum Gasteiger partial charge on any atom is 0.466 e. The molecule has 56 valence electrons. The van der Waals surface area contributed by atoms with Gasteiger partial charge in [0.1, 0.15) is 0 Å². The van der Waals surface area contributed by atoms with E-state index in [2.05, 4.69) is 0 Å². The third-order valence-electron chi connectivity index (χ3n) is 0.112. The zero-order valence-corrected chi connectivity index (χ0v) is 5.49. The van der Waals surface area contributed by atoms with Gasteiger partial charge in [0.2, 0.25) is 0 Å². The van der Waals surface area contributed by atoms with Crippen molar-refractivity contribution >= 4 is 7.82 Å². The normalized spacial score (nSPS) is 7.70. The fraction of sp³-hybridized carbons (Fsp3) is 0. The number of rotatable bonds is 0. The molecule has 0 aromatic heterocycles. The van der Waals surface area contributed by atoms with E-state index in [4.69, 9.17) is 29.8 Å². The smallest absolute Gasteiger partial charge is 0.303 e. The average Bonchev–Trinajstić information content (AvgIpc) is 1.63. The van der Waals surface area contributed by atoms with E-state index in [-0.39, 0.29) is 0 Å². The number of nitrogens with one attached hydrogen (secondary N) is 1. The van der Waals surface area contributed by atoms with Crippen molar-refractivity contribution in [2.45, 2.75) is 0 Å². The highest BCUT2D eigenvalue weighted by molar-refractivity contribution is 7.45. The van der Waals surface area contributed by atoms with Crippen LogP contribution in [-0.2, 0) is 4.57 Å². The molecule has 0 rings (SSSR count). The van der Waals surface area contributed by atoms with Gasteiger partial charge in [0.15, 0.2) is 12.4 Å². The maximum absolute atomic E-state index is 8.88. The SMILES string of the molecule is N#CNC#N.O=P(O)(O)O. The van der Waals surface area contributed by atoms with Gasteiger partial charge in [0, 0.05) is 0 Å². The third-order valence-corrected chi connectivity index (χ3v) is 0.112. The first-order chi connectivity index (χ1) is 4.41. The van der Waals surface area contributed by atoms with Crippen LogP contribution in [0.3, 0.4) is 0 Å². The van der Waals surface area contributed by atoms with E-state index < -0.39 is 7.82 Å². The van der Waals surface area contributed by atoms with E-state index in [9.17, 15) is 0 Å². The van der Waals surface area contributed by atoms with Crippen molar-refractivity contribution in [3.63, 3.8) is 0 Å². The molecule has 0 fully saturated rings. The Balaban J connectivity index is 0. The molecule has 0 aromatic carbocycles. The Kier molecular flexibility index (Phi) is 7.01. The summed E-state index contributed by atoms with van der Waals surface area (Å²) in [6.45, 7) is 0. The molecule has 0 unspecified atom stereocenters. The van der Waals surface area contributed by atoms with Crippen LogP contribution in [0.1, 0.15) is 0 Å². The molecule has 0 saturated carbocycles. The minimum Gasteiger partial charge on any atom is -0.303 e. The van der Waals surface area contributed by atoms with Crippen LogP contribution >= 0.6 is 7.82 Å². The molecule has 0 aliphatic heterocycles. The van der Waals surface area contributed by atoms with E-state index in [0.29, 0.717) is 0 Å². The highest BCUT2D eigenvalue weighted by Gasteiger charge is 2.00. The summed E-state index contributed by atoms with van der Waals surface area (Å²) in [6.07, 6.45) is 2.81. The fourth-order valence-electron chi connectivity index (χ4n) is 0.0250. The summed E-state index contributed by atoms with van der Waals surface area (Å²) in [5, 5.41) is 16.7. The number of hydrogen-bond donors (Lipinski definition) is 4. The molecular formula is C2H4N3O4P. The lowest BCUT2D eigenvalue weighted by molar-refractivity contribution is 0.275. The molecule has 8 heteroatoms. The molecule has 7 nitrogen and oxygen atoms in total. The van der Waals surface area contributed by atoms with Crippen LogP contribution in [0.25, 0.3) is 0 Å². The fourth-order valence-corrected chi connectivity index (χ4v) is 0.0250. The Morgan fingerprint density at radius 2 is 1.40 bits per heavy atom. The van der Waals surface area contributed by atoms with Gasteiger partial charge in [-0.15, -0.1) is 0 Å². The molecule has 0 atom stereocenters. The predicted molar refractivity (Wildman–Crippen MR) is 28.6 cm³/mol. The first-order valence-electron chi connectivity index (χ1n) is 1.73. The topological polar surface area (TPSA) is 137 Å². The lowest BCUT2D eigenvalue weighted by Gasteiger charge is -1.82. The van der Waals surface area contributed by atoms with Gasteiger partial charge in [0.25, 0.3) is 0 Å². The van der Waals surface area contributed by atoms with Gasteiger partial charge in [0.05, 0.1) is 0 Å². The third kappa shape index (κ3) is 302. The highest BCUT2D eigenvalue weighted by Crippen LogP contribution is 2.25. The molecular weight excluding hydrogens is 161 g/mol. The quantitative estimate of drug-likeness (QED) is 0.197. The molecule has 0 bridgehead atoms. The lowest BCUT2D eigenvalue weighted by atomic mass is 11.2. The second kappa shape index (κ2) is 6.02. The van der Waals surface area contributed by atoms with Gasteiger partial charge < -0.3 is 14.7 Å². The summed E-state index contributed by atoms with van der Waals surface area (Å²) in [4.78, 5) is 21.6. The Morgan fingerprint density at radius 3 is 1.40 bits per heavy atom. The second-order valence-electron chi connectivity index (χ2n) is 0.862. The largest absolute Gasteiger partial charge is 0.466 e. The van der Waals surface area contributed by atoms with Gasteiger partial charge in [-0.1, -0.05) is 0 Å². The molecule has 0 aromatic rings. The van der Waals surface area contributed by atoms with E-state index in [1.54, 1.807) is 5.32 Å². The highest BCUT2D eigenvalue weighted by atomic mass is 31.2. The molecule has 0 aliphatic carbocycles. The van der Waals surface area contributed by atoms with Gasteiger partial charge in [-0.05, 0) is 0 Å². The Labute approximate surface area is 56.4 Å². The van der Waals surface area contributed by atoms with E-state index in [1.807, 2.05) is 0 Å². The molecule has 0 amide bonds. The lowest BCUT2D eigenvalue weighted by Crippen LogP contribution is -1.88. The first kappa shape index (κ1) is 11.7. The minimum absolute atomic E-state index is 1.41. The zero-order valence-electron chi connectivity index (χ0n) is 4.59. The zero-order chi connectivity index (χ0) is 8.62. The van der Waals surface area contributed by atoms with Crippen LogP contribution in [0.2, 0.25) is 0 Å². The number of nitriles is 2. The van der Waals surface area contributed by atoms with Gasteiger partial charge in [-0.3, -0.25) is 0 Å². The van der Waals surface area contributed by atoms with Crippen LogP contribution in [0.15, 0.2) is 0 Å². The van der Waals surface area contributed by atoms with Crippen molar-refractivity contribution in [2.75, 3.05) is 0 Å². The number of phosphoric acid groups is 1. The Bertz CT molecular complexity index is 175. The van der Waals surface area contributed by atoms with Crippen molar-refractivity contribution in [2.24, 2.45) is 0 Å². The van der Waals surface area contributed by atoms with Crippen molar-refractivity contribution in [3.8, 4) is 12.4 Å². The summed E-state index contributed by atoms with van der Waals surface area (Å²) in [5.74, 6) is 0. The van der Waals surface area contributed by atoms with Crippen LogP contribution in [0.5, 0.6) is 0 Å².